The lowest BCUT2D eigenvalue weighted by molar-refractivity contribution is 0.0790. The van der Waals surface area contributed by atoms with Crippen LogP contribution in [0.25, 0.3) is 11.3 Å². The van der Waals surface area contributed by atoms with Crippen molar-refractivity contribution in [3.8, 4) is 11.3 Å². The van der Waals surface area contributed by atoms with Crippen LogP contribution in [-0.4, -0.2) is 17.3 Å². The summed E-state index contributed by atoms with van der Waals surface area (Å²) in [6, 6.07) is 11.4. The smallest absolute Gasteiger partial charge is 0.135 e. The van der Waals surface area contributed by atoms with E-state index >= 15 is 0 Å². The summed E-state index contributed by atoms with van der Waals surface area (Å²) in [6.07, 6.45) is 0. The number of aliphatic hydroxyl groups is 1. The third-order valence-corrected chi connectivity index (χ3v) is 2.99. The van der Waals surface area contributed by atoms with Crippen molar-refractivity contribution >= 4 is 11.6 Å². The van der Waals surface area contributed by atoms with E-state index in [-0.39, 0.29) is 0 Å². The lowest BCUT2D eigenvalue weighted by Crippen LogP contribution is -2.34. The first-order chi connectivity index (χ1) is 8.96. The van der Waals surface area contributed by atoms with Gasteiger partial charge < -0.3 is 14.8 Å². The molecule has 0 radical (unpaired) electrons. The number of hydrogen-bond acceptors (Lipinski definition) is 3. The van der Waals surface area contributed by atoms with Gasteiger partial charge in [0.2, 0.25) is 0 Å². The summed E-state index contributed by atoms with van der Waals surface area (Å²) in [5.41, 5.74) is 0.163. The van der Waals surface area contributed by atoms with E-state index in [1.54, 1.807) is 13.8 Å². The quantitative estimate of drug-likeness (QED) is 0.881. The third kappa shape index (κ3) is 4.10. The average molecular weight is 280 g/mol. The molecule has 1 heterocycles. The van der Waals surface area contributed by atoms with Crippen molar-refractivity contribution in [2.75, 3.05) is 6.54 Å². The maximum absolute atomic E-state index is 9.60. The number of rotatable bonds is 5. The number of halogens is 1. The van der Waals surface area contributed by atoms with Gasteiger partial charge in [-0.1, -0.05) is 23.7 Å². The van der Waals surface area contributed by atoms with Crippen LogP contribution in [0, 0.1) is 0 Å². The van der Waals surface area contributed by atoms with E-state index in [4.69, 9.17) is 16.0 Å². The van der Waals surface area contributed by atoms with Crippen LogP contribution in [-0.2, 0) is 6.54 Å². The van der Waals surface area contributed by atoms with Crippen LogP contribution >= 0.6 is 11.6 Å². The molecule has 2 rings (SSSR count). The molecule has 2 N–H and O–H groups in total. The van der Waals surface area contributed by atoms with Crippen LogP contribution in [0.1, 0.15) is 19.6 Å². The van der Waals surface area contributed by atoms with E-state index in [2.05, 4.69) is 5.32 Å². The number of nitrogens with one attached hydrogen (secondary N) is 1. The largest absolute Gasteiger partial charge is 0.460 e. The summed E-state index contributed by atoms with van der Waals surface area (Å²) in [4.78, 5) is 0. The Hall–Kier alpha value is -1.29. The monoisotopic (exact) mass is 279 g/mol. The van der Waals surface area contributed by atoms with E-state index in [1.807, 2.05) is 36.4 Å². The molecule has 0 aliphatic heterocycles. The summed E-state index contributed by atoms with van der Waals surface area (Å²) in [5, 5.41) is 13.4. The van der Waals surface area contributed by atoms with Gasteiger partial charge in [-0.3, -0.25) is 0 Å². The maximum atomic E-state index is 9.60. The highest BCUT2D eigenvalue weighted by molar-refractivity contribution is 6.33. The van der Waals surface area contributed by atoms with Gasteiger partial charge in [0.25, 0.3) is 0 Å². The highest BCUT2D eigenvalue weighted by Crippen LogP contribution is 2.28. The van der Waals surface area contributed by atoms with E-state index in [0.717, 1.165) is 17.1 Å². The normalized spacial score (nSPS) is 11.8. The van der Waals surface area contributed by atoms with Crippen LogP contribution < -0.4 is 5.32 Å². The fraction of sp³-hybridized carbons (Fsp3) is 0.333. The minimum absolute atomic E-state index is 0.509. The lowest BCUT2D eigenvalue weighted by Gasteiger charge is -2.16. The van der Waals surface area contributed by atoms with Gasteiger partial charge in [-0.25, -0.2) is 0 Å². The van der Waals surface area contributed by atoms with Gasteiger partial charge in [-0.15, -0.1) is 0 Å². The molecule has 0 bridgehead atoms. The second-order valence-corrected chi connectivity index (χ2v) is 5.57. The lowest BCUT2D eigenvalue weighted by atomic mass is 10.1. The minimum Gasteiger partial charge on any atom is -0.460 e. The van der Waals surface area contributed by atoms with Crippen molar-refractivity contribution < 1.29 is 9.52 Å². The van der Waals surface area contributed by atoms with Gasteiger partial charge in [0.15, 0.2) is 0 Å². The molecule has 0 spiro atoms. The fourth-order valence-corrected chi connectivity index (χ4v) is 2.00. The van der Waals surface area contributed by atoms with Crippen LogP contribution in [0.15, 0.2) is 40.8 Å². The van der Waals surface area contributed by atoms with Gasteiger partial charge in [0.1, 0.15) is 11.5 Å². The van der Waals surface area contributed by atoms with Gasteiger partial charge >= 0.3 is 0 Å². The van der Waals surface area contributed by atoms with E-state index in [1.165, 1.54) is 0 Å². The number of furan rings is 1. The van der Waals surface area contributed by atoms with Gasteiger partial charge in [0, 0.05) is 12.1 Å². The molecular formula is C15H18ClNO2. The molecule has 0 aliphatic carbocycles. The first-order valence-electron chi connectivity index (χ1n) is 6.22. The highest BCUT2D eigenvalue weighted by atomic mass is 35.5. The molecular weight excluding hydrogens is 262 g/mol. The number of benzene rings is 1. The predicted molar refractivity (Wildman–Crippen MR) is 77.2 cm³/mol. The molecule has 0 unspecified atom stereocenters. The molecule has 0 aliphatic rings. The fourth-order valence-electron chi connectivity index (χ4n) is 1.77. The summed E-state index contributed by atoms with van der Waals surface area (Å²) in [6.45, 7) is 4.61. The van der Waals surface area contributed by atoms with Crippen LogP contribution in [0.2, 0.25) is 5.02 Å². The van der Waals surface area contributed by atoms with Gasteiger partial charge in [-0.2, -0.15) is 0 Å². The van der Waals surface area contributed by atoms with Gasteiger partial charge in [0.05, 0.1) is 17.2 Å². The Kier molecular flexibility index (Phi) is 4.30. The predicted octanol–water partition coefficient (Wildman–Crippen LogP) is 3.46. The summed E-state index contributed by atoms with van der Waals surface area (Å²) in [5.74, 6) is 1.57. The average Bonchev–Trinajstić information content (AvgIpc) is 2.76. The Morgan fingerprint density at radius 2 is 1.95 bits per heavy atom. The molecule has 1 aromatic heterocycles. The van der Waals surface area contributed by atoms with Gasteiger partial charge in [-0.05, 0) is 38.1 Å². The molecule has 0 amide bonds. The maximum Gasteiger partial charge on any atom is 0.135 e. The zero-order chi connectivity index (χ0) is 13.9. The van der Waals surface area contributed by atoms with Crippen molar-refractivity contribution in [2.24, 2.45) is 0 Å². The number of hydrogen-bond donors (Lipinski definition) is 2. The van der Waals surface area contributed by atoms with Crippen LogP contribution in [0.4, 0.5) is 0 Å². The van der Waals surface area contributed by atoms with Crippen molar-refractivity contribution in [3.05, 3.63) is 47.2 Å². The summed E-state index contributed by atoms with van der Waals surface area (Å²) < 4.78 is 5.74. The van der Waals surface area contributed by atoms with Crippen molar-refractivity contribution in [1.29, 1.82) is 0 Å². The first kappa shape index (κ1) is 14.1. The van der Waals surface area contributed by atoms with Crippen molar-refractivity contribution in [3.63, 3.8) is 0 Å². The Balaban J connectivity index is 2.02. The van der Waals surface area contributed by atoms with E-state index in [0.29, 0.717) is 18.1 Å². The molecule has 0 saturated heterocycles. The zero-order valence-electron chi connectivity index (χ0n) is 11.1. The molecule has 4 heteroatoms. The Bertz CT molecular complexity index is 543. The standard InChI is InChI=1S/C15H18ClNO2/c1-15(2,18)10-17-9-11-7-8-14(19-11)12-5-3-4-6-13(12)16/h3-8,17-18H,9-10H2,1-2H3. The molecule has 19 heavy (non-hydrogen) atoms. The minimum atomic E-state index is -0.724. The molecule has 0 fully saturated rings. The van der Waals surface area contributed by atoms with E-state index < -0.39 is 5.60 Å². The third-order valence-electron chi connectivity index (χ3n) is 2.66. The summed E-state index contributed by atoms with van der Waals surface area (Å²) >= 11 is 6.12. The van der Waals surface area contributed by atoms with Crippen molar-refractivity contribution in [2.45, 2.75) is 26.0 Å². The SMILES string of the molecule is CC(C)(O)CNCc1ccc(-c2ccccc2Cl)o1. The Labute approximate surface area is 118 Å². The van der Waals surface area contributed by atoms with E-state index in [9.17, 15) is 5.11 Å². The van der Waals surface area contributed by atoms with Crippen LogP contribution in [0.3, 0.4) is 0 Å². The molecule has 3 nitrogen and oxygen atoms in total. The van der Waals surface area contributed by atoms with Crippen LogP contribution in [0.5, 0.6) is 0 Å². The molecule has 0 saturated carbocycles. The topological polar surface area (TPSA) is 45.4 Å². The molecule has 102 valence electrons. The molecule has 1 aromatic carbocycles. The molecule has 0 atom stereocenters. The Morgan fingerprint density at radius 3 is 2.63 bits per heavy atom. The van der Waals surface area contributed by atoms with Crippen molar-refractivity contribution in [1.82, 2.24) is 5.32 Å². The summed E-state index contributed by atoms with van der Waals surface area (Å²) in [7, 11) is 0. The Morgan fingerprint density at radius 1 is 1.21 bits per heavy atom. The zero-order valence-corrected chi connectivity index (χ0v) is 11.9. The highest BCUT2D eigenvalue weighted by Gasteiger charge is 2.12. The second-order valence-electron chi connectivity index (χ2n) is 5.16. The first-order valence-corrected chi connectivity index (χ1v) is 6.60. The second kappa shape index (κ2) is 5.78. The molecule has 2 aromatic rings.